The van der Waals surface area contributed by atoms with E-state index in [-0.39, 0.29) is 11.4 Å². The molecule has 194 valence electrons. The van der Waals surface area contributed by atoms with E-state index in [0.29, 0.717) is 38.0 Å². The number of nitrogens with one attached hydrogen (secondary N) is 2. The first-order valence-electron chi connectivity index (χ1n) is 11.8. The number of ether oxygens (including phenoxy) is 2. The quantitative estimate of drug-likeness (QED) is 0.0962. The molecule has 0 bridgehead atoms. The number of fused-ring (bicyclic) bond motifs is 1. The Hall–Kier alpha value is -4.59. The van der Waals surface area contributed by atoms with Crippen molar-refractivity contribution in [3.8, 4) is 22.6 Å². The lowest BCUT2D eigenvalue weighted by molar-refractivity contribution is 0.0734. The number of nitrogens with zero attached hydrogens (tertiary/aromatic N) is 1. The zero-order valence-electron chi connectivity index (χ0n) is 20.6. The Morgan fingerprint density at radius 1 is 0.923 bits per heavy atom. The molecule has 1 aromatic heterocycles. The number of halogens is 2. The van der Waals surface area contributed by atoms with Crippen molar-refractivity contribution in [3.63, 3.8) is 0 Å². The minimum atomic E-state index is -0.547. The number of esters is 1. The number of carbonyl (C=O) groups excluding carboxylic acids is 2. The van der Waals surface area contributed by atoms with E-state index in [4.69, 9.17) is 32.7 Å². The maximum absolute atomic E-state index is 13.3. The molecule has 0 atom stereocenters. The molecule has 5 aromatic rings. The van der Waals surface area contributed by atoms with Crippen molar-refractivity contribution in [2.24, 2.45) is 5.10 Å². The Kier molecular flexibility index (Phi) is 7.63. The molecule has 0 aliphatic carbocycles. The van der Waals surface area contributed by atoms with Gasteiger partial charge in [-0.15, -0.1) is 0 Å². The normalized spacial score (nSPS) is 11.1. The SMILES string of the molecule is COc1ccc2[nH]c(C(=O)NN=Cc3ccccc3OC(=O)c3ccc(Cl)cc3)c(-c3ccccc3Cl)c2c1. The summed E-state index contributed by atoms with van der Waals surface area (Å²) < 4.78 is 10.9. The van der Waals surface area contributed by atoms with Crippen LogP contribution in [0.25, 0.3) is 22.0 Å². The summed E-state index contributed by atoms with van der Waals surface area (Å²) in [6, 6.07) is 26.0. The summed E-state index contributed by atoms with van der Waals surface area (Å²) in [5.41, 5.74) is 5.73. The molecule has 0 radical (unpaired) electrons. The predicted molar refractivity (Wildman–Crippen MR) is 153 cm³/mol. The minimum absolute atomic E-state index is 0.282. The van der Waals surface area contributed by atoms with E-state index in [2.05, 4.69) is 15.5 Å². The summed E-state index contributed by atoms with van der Waals surface area (Å²) in [7, 11) is 1.58. The molecule has 0 saturated carbocycles. The molecule has 0 unspecified atom stereocenters. The van der Waals surface area contributed by atoms with Crippen LogP contribution in [0.4, 0.5) is 0 Å². The Bertz CT molecular complexity index is 1710. The number of benzene rings is 4. The second-order valence-corrected chi connectivity index (χ2v) is 9.24. The molecule has 0 aliphatic heterocycles. The first-order chi connectivity index (χ1) is 18.9. The van der Waals surface area contributed by atoms with Crippen LogP contribution in [0.15, 0.2) is 96.1 Å². The van der Waals surface area contributed by atoms with E-state index in [1.54, 1.807) is 67.8 Å². The number of aromatic nitrogens is 1. The van der Waals surface area contributed by atoms with E-state index in [0.717, 1.165) is 10.9 Å². The van der Waals surface area contributed by atoms with Crippen LogP contribution in [-0.4, -0.2) is 30.2 Å². The van der Waals surface area contributed by atoms with Gasteiger partial charge in [0.25, 0.3) is 5.91 Å². The average molecular weight is 558 g/mol. The first-order valence-corrected chi connectivity index (χ1v) is 12.5. The van der Waals surface area contributed by atoms with Crippen molar-refractivity contribution in [2.45, 2.75) is 0 Å². The van der Waals surface area contributed by atoms with Gasteiger partial charge in [-0.05, 0) is 60.7 Å². The van der Waals surface area contributed by atoms with Gasteiger partial charge in [0.15, 0.2) is 0 Å². The highest BCUT2D eigenvalue weighted by molar-refractivity contribution is 6.34. The van der Waals surface area contributed by atoms with Crippen molar-refractivity contribution in [1.29, 1.82) is 0 Å². The van der Waals surface area contributed by atoms with Gasteiger partial charge < -0.3 is 14.5 Å². The van der Waals surface area contributed by atoms with Gasteiger partial charge in [-0.3, -0.25) is 4.79 Å². The van der Waals surface area contributed by atoms with Crippen LogP contribution >= 0.6 is 23.2 Å². The van der Waals surface area contributed by atoms with Crippen molar-refractivity contribution < 1.29 is 19.1 Å². The van der Waals surface area contributed by atoms with Crippen LogP contribution in [-0.2, 0) is 0 Å². The van der Waals surface area contributed by atoms with E-state index in [1.807, 2.05) is 30.3 Å². The van der Waals surface area contributed by atoms with Crippen molar-refractivity contribution in [2.75, 3.05) is 7.11 Å². The number of para-hydroxylation sites is 1. The summed E-state index contributed by atoms with van der Waals surface area (Å²) in [4.78, 5) is 29.1. The highest BCUT2D eigenvalue weighted by atomic mass is 35.5. The van der Waals surface area contributed by atoms with E-state index < -0.39 is 11.9 Å². The van der Waals surface area contributed by atoms with Gasteiger partial charge in [0, 0.05) is 37.6 Å². The number of carbonyl (C=O) groups is 2. The van der Waals surface area contributed by atoms with Crippen molar-refractivity contribution in [1.82, 2.24) is 10.4 Å². The highest BCUT2D eigenvalue weighted by Gasteiger charge is 2.21. The van der Waals surface area contributed by atoms with Gasteiger partial charge in [-0.1, -0.05) is 53.5 Å². The maximum atomic E-state index is 13.3. The highest BCUT2D eigenvalue weighted by Crippen LogP contribution is 2.38. The van der Waals surface area contributed by atoms with Crippen LogP contribution in [0.1, 0.15) is 26.4 Å². The maximum Gasteiger partial charge on any atom is 0.343 e. The van der Waals surface area contributed by atoms with Crippen molar-refractivity contribution in [3.05, 3.63) is 118 Å². The molecule has 7 nitrogen and oxygen atoms in total. The first kappa shape index (κ1) is 26.0. The number of H-pyrrole nitrogens is 1. The molecule has 0 fully saturated rings. The lowest BCUT2D eigenvalue weighted by atomic mass is 10.0. The number of methoxy groups -OCH3 is 1. The number of hydrogen-bond acceptors (Lipinski definition) is 5. The zero-order valence-corrected chi connectivity index (χ0v) is 22.1. The molecule has 0 spiro atoms. The Morgan fingerprint density at radius 3 is 2.44 bits per heavy atom. The Morgan fingerprint density at radius 2 is 1.67 bits per heavy atom. The van der Waals surface area contributed by atoms with Crippen LogP contribution in [0.5, 0.6) is 11.5 Å². The topological polar surface area (TPSA) is 92.8 Å². The molecule has 0 aliphatic rings. The van der Waals surface area contributed by atoms with Crippen molar-refractivity contribution >= 4 is 52.2 Å². The second kappa shape index (κ2) is 11.4. The molecular weight excluding hydrogens is 537 g/mol. The van der Waals surface area contributed by atoms with Crippen LogP contribution in [0.3, 0.4) is 0 Å². The van der Waals surface area contributed by atoms with Gasteiger partial charge in [0.2, 0.25) is 0 Å². The van der Waals surface area contributed by atoms with Gasteiger partial charge in [0.1, 0.15) is 17.2 Å². The largest absolute Gasteiger partial charge is 0.497 e. The minimum Gasteiger partial charge on any atom is -0.497 e. The molecule has 5 rings (SSSR count). The Balaban J connectivity index is 1.41. The van der Waals surface area contributed by atoms with E-state index in [9.17, 15) is 9.59 Å². The molecule has 1 heterocycles. The number of rotatable bonds is 7. The summed E-state index contributed by atoms with van der Waals surface area (Å²) >= 11 is 12.4. The van der Waals surface area contributed by atoms with Gasteiger partial charge in [-0.2, -0.15) is 5.10 Å². The standard InChI is InChI=1S/C30H21Cl2N3O4/c1-38-21-14-15-25-23(16-21)27(22-7-3-4-8-24(22)32)28(34-25)29(36)35-33-17-19-6-2-5-9-26(19)39-30(37)18-10-12-20(31)13-11-18/h2-17,34H,1H3,(H,35,36). The third kappa shape index (κ3) is 5.65. The van der Waals surface area contributed by atoms with Gasteiger partial charge in [-0.25, -0.2) is 10.2 Å². The van der Waals surface area contributed by atoms with Crippen LogP contribution < -0.4 is 14.9 Å². The lowest BCUT2D eigenvalue weighted by Crippen LogP contribution is -2.19. The molecule has 39 heavy (non-hydrogen) atoms. The van der Waals surface area contributed by atoms with Crippen LogP contribution in [0, 0.1) is 0 Å². The van der Waals surface area contributed by atoms with Gasteiger partial charge >= 0.3 is 5.97 Å². The molecule has 1 amide bonds. The second-order valence-electron chi connectivity index (χ2n) is 8.40. The molecule has 4 aromatic carbocycles. The average Bonchev–Trinajstić information content (AvgIpc) is 3.33. The molecular formula is C30H21Cl2N3O4. The van der Waals surface area contributed by atoms with E-state index in [1.165, 1.54) is 6.21 Å². The zero-order chi connectivity index (χ0) is 27.4. The molecule has 0 saturated heterocycles. The number of hydrazone groups is 1. The summed E-state index contributed by atoms with van der Waals surface area (Å²) in [6.07, 6.45) is 1.41. The fourth-order valence-corrected chi connectivity index (χ4v) is 4.41. The fraction of sp³-hybridized carbons (Fsp3) is 0.0333. The van der Waals surface area contributed by atoms with Gasteiger partial charge in [0.05, 0.1) is 18.9 Å². The smallest absolute Gasteiger partial charge is 0.343 e. The molecule has 9 heteroatoms. The monoisotopic (exact) mass is 557 g/mol. The Labute approximate surface area is 234 Å². The predicted octanol–water partition coefficient (Wildman–Crippen LogP) is 7.13. The van der Waals surface area contributed by atoms with E-state index >= 15 is 0 Å². The summed E-state index contributed by atoms with van der Waals surface area (Å²) in [5.74, 6) is -0.101. The lowest BCUT2D eigenvalue weighted by Gasteiger charge is -2.08. The summed E-state index contributed by atoms with van der Waals surface area (Å²) in [5, 5.41) is 5.91. The fourth-order valence-electron chi connectivity index (χ4n) is 4.05. The third-order valence-corrected chi connectivity index (χ3v) is 6.53. The summed E-state index contributed by atoms with van der Waals surface area (Å²) in [6.45, 7) is 0. The third-order valence-electron chi connectivity index (χ3n) is 5.95. The molecule has 2 N–H and O–H groups in total. The number of aromatic amines is 1. The number of amides is 1. The van der Waals surface area contributed by atoms with Crippen LogP contribution in [0.2, 0.25) is 10.0 Å². The number of hydrogen-bond donors (Lipinski definition) is 2.